The Morgan fingerprint density at radius 1 is 1.39 bits per heavy atom. The van der Waals surface area contributed by atoms with Crippen LogP contribution in [0.5, 0.6) is 0 Å². The fourth-order valence-electron chi connectivity index (χ4n) is 2.39. The molecule has 1 atom stereocenters. The highest BCUT2D eigenvalue weighted by molar-refractivity contribution is 5.78. The van der Waals surface area contributed by atoms with Gasteiger partial charge in [-0.25, -0.2) is 0 Å². The lowest BCUT2D eigenvalue weighted by Crippen LogP contribution is -2.46. The zero-order valence-electron chi connectivity index (χ0n) is 11.3. The second-order valence-electron chi connectivity index (χ2n) is 4.97. The molecule has 0 aromatic heterocycles. The van der Waals surface area contributed by atoms with Gasteiger partial charge in [0, 0.05) is 12.5 Å². The molecule has 5 heteroatoms. The topological polar surface area (TPSA) is 69.6 Å². The van der Waals surface area contributed by atoms with E-state index in [0.29, 0.717) is 13.2 Å². The first-order valence-electron chi connectivity index (χ1n) is 6.81. The monoisotopic (exact) mass is 256 g/mol. The molecule has 0 aliphatic carbocycles. The Hall–Kier alpha value is -1.10. The van der Waals surface area contributed by atoms with Crippen LogP contribution in [0.4, 0.5) is 0 Å². The van der Waals surface area contributed by atoms with Gasteiger partial charge in [0.25, 0.3) is 0 Å². The lowest BCUT2D eigenvalue weighted by molar-refractivity contribution is -0.143. The highest BCUT2D eigenvalue weighted by Crippen LogP contribution is 2.16. The van der Waals surface area contributed by atoms with E-state index in [0.717, 1.165) is 32.2 Å². The summed E-state index contributed by atoms with van der Waals surface area (Å²) >= 11 is 0. The predicted octanol–water partition coefficient (Wildman–Crippen LogP) is 1.29. The summed E-state index contributed by atoms with van der Waals surface area (Å²) in [5.74, 6) is -0.864. The van der Waals surface area contributed by atoms with E-state index < -0.39 is 5.97 Å². The number of carbonyl (C=O) groups excluding carboxylic acids is 1. The maximum absolute atomic E-state index is 11.8. The molecular weight excluding hydrogens is 232 g/mol. The second kappa shape index (κ2) is 7.36. The van der Waals surface area contributed by atoms with Gasteiger partial charge in [-0.05, 0) is 32.2 Å². The van der Waals surface area contributed by atoms with Crippen molar-refractivity contribution in [3.05, 3.63) is 0 Å². The van der Waals surface area contributed by atoms with Gasteiger partial charge in [-0.2, -0.15) is 0 Å². The molecular formula is C13H24N2O3. The van der Waals surface area contributed by atoms with Gasteiger partial charge in [-0.3, -0.25) is 14.5 Å². The van der Waals surface area contributed by atoms with E-state index in [1.807, 2.05) is 18.7 Å². The number of nitrogens with one attached hydrogen (secondary N) is 1. The van der Waals surface area contributed by atoms with E-state index in [9.17, 15) is 9.59 Å². The van der Waals surface area contributed by atoms with Crippen LogP contribution < -0.4 is 5.32 Å². The van der Waals surface area contributed by atoms with E-state index in [1.165, 1.54) is 0 Å². The van der Waals surface area contributed by atoms with Gasteiger partial charge in [0.2, 0.25) is 5.91 Å². The van der Waals surface area contributed by atoms with E-state index in [-0.39, 0.29) is 17.7 Å². The van der Waals surface area contributed by atoms with Crippen LogP contribution in [0.3, 0.4) is 0 Å². The lowest BCUT2D eigenvalue weighted by Gasteiger charge is -2.31. The van der Waals surface area contributed by atoms with Gasteiger partial charge in [0.1, 0.15) is 0 Å². The van der Waals surface area contributed by atoms with Crippen molar-refractivity contribution in [3.63, 3.8) is 0 Å². The molecule has 1 saturated heterocycles. The number of likely N-dealkylation sites (tertiary alicyclic amines) is 1. The van der Waals surface area contributed by atoms with Crippen molar-refractivity contribution < 1.29 is 14.7 Å². The third kappa shape index (κ3) is 4.29. The largest absolute Gasteiger partial charge is 0.481 e. The Bertz CT molecular complexity index is 290. The summed E-state index contributed by atoms with van der Waals surface area (Å²) in [6, 6.07) is 0. The third-order valence-electron chi connectivity index (χ3n) is 3.69. The van der Waals surface area contributed by atoms with Crippen LogP contribution in [-0.4, -0.2) is 41.6 Å². The van der Waals surface area contributed by atoms with Crippen LogP contribution >= 0.6 is 0 Å². The number of piperidine rings is 1. The number of carbonyl (C=O) groups is 2. The number of amides is 1. The van der Waals surface area contributed by atoms with Crippen molar-refractivity contribution >= 4 is 11.9 Å². The molecule has 1 fully saturated rings. The zero-order valence-corrected chi connectivity index (χ0v) is 11.3. The Labute approximate surface area is 109 Å². The minimum Gasteiger partial charge on any atom is -0.481 e. The molecule has 0 radical (unpaired) electrons. The number of carboxylic acid groups (broad SMARTS) is 1. The molecule has 1 rings (SSSR count). The Morgan fingerprint density at radius 3 is 2.61 bits per heavy atom. The van der Waals surface area contributed by atoms with Crippen molar-refractivity contribution in [2.24, 2.45) is 11.8 Å². The number of hydrogen-bond donors (Lipinski definition) is 2. The normalized spacial score (nSPS) is 20.9. The minimum atomic E-state index is -0.731. The summed E-state index contributed by atoms with van der Waals surface area (Å²) in [5, 5.41) is 11.9. The van der Waals surface area contributed by atoms with Crippen molar-refractivity contribution in [2.75, 3.05) is 19.8 Å². The molecule has 0 saturated carbocycles. The molecule has 1 aliphatic heterocycles. The fraction of sp³-hybridized carbons (Fsp3) is 0.846. The van der Waals surface area contributed by atoms with Gasteiger partial charge in [-0.15, -0.1) is 0 Å². The number of nitrogens with zero attached hydrogens (tertiary/aromatic N) is 1. The highest BCUT2D eigenvalue weighted by atomic mass is 16.4. The summed E-state index contributed by atoms with van der Waals surface area (Å²) in [7, 11) is 0. The van der Waals surface area contributed by atoms with Crippen LogP contribution in [0.1, 0.15) is 39.5 Å². The molecule has 1 aliphatic rings. The van der Waals surface area contributed by atoms with Crippen LogP contribution in [0.15, 0.2) is 0 Å². The van der Waals surface area contributed by atoms with Crippen molar-refractivity contribution in [1.82, 2.24) is 10.2 Å². The summed E-state index contributed by atoms with van der Waals surface area (Å²) in [4.78, 5) is 24.8. The number of aliphatic carboxylic acids is 1. The van der Waals surface area contributed by atoms with Gasteiger partial charge >= 0.3 is 5.97 Å². The highest BCUT2D eigenvalue weighted by Gasteiger charge is 2.25. The molecule has 104 valence electrons. The van der Waals surface area contributed by atoms with Gasteiger partial charge in [-0.1, -0.05) is 13.8 Å². The molecule has 1 heterocycles. The molecule has 2 N–H and O–H groups in total. The van der Waals surface area contributed by atoms with Crippen molar-refractivity contribution in [1.29, 1.82) is 0 Å². The Balaban J connectivity index is 2.34. The number of hydrogen-bond acceptors (Lipinski definition) is 3. The average molecular weight is 256 g/mol. The van der Waals surface area contributed by atoms with E-state index in [4.69, 9.17) is 5.11 Å². The summed E-state index contributed by atoms with van der Waals surface area (Å²) in [6.07, 6.45) is 3.32. The average Bonchev–Trinajstić information content (AvgIpc) is 2.38. The molecule has 1 amide bonds. The fourth-order valence-corrected chi connectivity index (χ4v) is 2.39. The zero-order chi connectivity index (χ0) is 13.5. The Morgan fingerprint density at radius 2 is 2.06 bits per heavy atom. The second-order valence-corrected chi connectivity index (χ2v) is 4.97. The SMILES string of the molecule is CCC(CC)C(=O)NCN1CCCC(C(=O)O)C1. The Kier molecular flexibility index (Phi) is 6.12. The predicted molar refractivity (Wildman–Crippen MR) is 69.0 cm³/mol. The van der Waals surface area contributed by atoms with E-state index in [2.05, 4.69) is 5.32 Å². The first-order valence-corrected chi connectivity index (χ1v) is 6.81. The maximum Gasteiger partial charge on any atom is 0.307 e. The lowest BCUT2D eigenvalue weighted by atomic mass is 9.99. The van der Waals surface area contributed by atoms with Crippen molar-refractivity contribution in [2.45, 2.75) is 39.5 Å². The summed E-state index contributed by atoms with van der Waals surface area (Å²) in [6.45, 7) is 5.90. The van der Waals surface area contributed by atoms with Gasteiger partial charge in [0.05, 0.1) is 12.6 Å². The van der Waals surface area contributed by atoms with Gasteiger partial charge < -0.3 is 10.4 Å². The van der Waals surface area contributed by atoms with Crippen LogP contribution in [-0.2, 0) is 9.59 Å². The first kappa shape index (κ1) is 15.0. The standard InChI is InChI=1S/C13H24N2O3/c1-3-10(4-2)12(16)14-9-15-7-5-6-11(8-15)13(17)18/h10-11H,3-9H2,1-2H3,(H,14,16)(H,17,18). The van der Waals surface area contributed by atoms with Gasteiger partial charge in [0.15, 0.2) is 0 Å². The van der Waals surface area contributed by atoms with Crippen LogP contribution in [0.2, 0.25) is 0 Å². The maximum atomic E-state index is 11.8. The quantitative estimate of drug-likeness (QED) is 0.751. The summed E-state index contributed by atoms with van der Waals surface area (Å²) < 4.78 is 0. The minimum absolute atomic E-state index is 0.0741. The van der Waals surface area contributed by atoms with E-state index >= 15 is 0 Å². The molecule has 5 nitrogen and oxygen atoms in total. The first-order chi connectivity index (χ1) is 8.58. The molecule has 1 unspecified atom stereocenters. The van der Waals surface area contributed by atoms with Crippen LogP contribution in [0, 0.1) is 11.8 Å². The summed E-state index contributed by atoms with van der Waals surface area (Å²) in [5.41, 5.74) is 0. The molecule has 0 spiro atoms. The number of carboxylic acids is 1. The molecule has 0 aromatic rings. The third-order valence-corrected chi connectivity index (χ3v) is 3.69. The molecule has 18 heavy (non-hydrogen) atoms. The van der Waals surface area contributed by atoms with Crippen LogP contribution in [0.25, 0.3) is 0 Å². The van der Waals surface area contributed by atoms with E-state index in [1.54, 1.807) is 0 Å². The molecule has 0 aromatic carbocycles. The number of rotatable bonds is 6. The smallest absolute Gasteiger partial charge is 0.307 e. The van der Waals surface area contributed by atoms with Crippen molar-refractivity contribution in [3.8, 4) is 0 Å². The molecule has 0 bridgehead atoms.